The molecule has 1 amide bonds. The van der Waals surface area contributed by atoms with Gasteiger partial charge in [-0.2, -0.15) is 0 Å². The molecule has 3 rings (SSSR count). The van der Waals surface area contributed by atoms with Crippen LogP contribution in [0.1, 0.15) is 18.9 Å². The first-order chi connectivity index (χ1) is 13.6. The third-order valence-electron chi connectivity index (χ3n) is 4.04. The predicted octanol–water partition coefficient (Wildman–Crippen LogP) is 5.41. The highest BCUT2D eigenvalue weighted by Crippen LogP contribution is 2.34. The summed E-state index contributed by atoms with van der Waals surface area (Å²) < 4.78 is 12.2. The van der Waals surface area contributed by atoms with Crippen LogP contribution < -0.4 is 9.47 Å². The van der Waals surface area contributed by atoms with Crippen LogP contribution in [0.3, 0.4) is 0 Å². The second-order valence-corrected chi connectivity index (χ2v) is 8.03. The molecule has 1 heterocycles. The van der Waals surface area contributed by atoms with E-state index in [-0.39, 0.29) is 5.91 Å². The molecule has 1 saturated heterocycles. The van der Waals surface area contributed by atoms with E-state index in [9.17, 15) is 4.79 Å². The van der Waals surface area contributed by atoms with Gasteiger partial charge in [-0.05, 0) is 31.2 Å². The summed E-state index contributed by atoms with van der Waals surface area (Å²) in [4.78, 5) is 14.6. The SMILES string of the molecule is CCN1C(=O)/C(=C/c2ccccc2OCCCOc2ccccc2Cl)SC1=S. The van der Waals surface area contributed by atoms with E-state index < -0.39 is 0 Å². The Labute approximate surface area is 179 Å². The second kappa shape index (κ2) is 9.96. The highest BCUT2D eigenvalue weighted by atomic mass is 35.5. The number of hydrogen-bond acceptors (Lipinski definition) is 5. The smallest absolute Gasteiger partial charge is 0.266 e. The van der Waals surface area contributed by atoms with Crippen LogP contribution in [0.2, 0.25) is 5.02 Å². The lowest BCUT2D eigenvalue weighted by Crippen LogP contribution is -2.27. The van der Waals surface area contributed by atoms with E-state index in [4.69, 9.17) is 33.3 Å². The van der Waals surface area contributed by atoms with E-state index in [0.717, 1.165) is 11.3 Å². The first-order valence-electron chi connectivity index (χ1n) is 8.94. The summed E-state index contributed by atoms with van der Waals surface area (Å²) in [6.07, 6.45) is 2.54. The Hall–Kier alpha value is -2.02. The van der Waals surface area contributed by atoms with Gasteiger partial charge in [0.15, 0.2) is 0 Å². The molecule has 2 aromatic rings. The molecule has 1 fully saturated rings. The van der Waals surface area contributed by atoms with E-state index in [1.807, 2.05) is 55.5 Å². The van der Waals surface area contributed by atoms with Crippen molar-refractivity contribution in [1.29, 1.82) is 0 Å². The van der Waals surface area contributed by atoms with Gasteiger partial charge in [-0.15, -0.1) is 0 Å². The van der Waals surface area contributed by atoms with Gasteiger partial charge in [0.1, 0.15) is 15.8 Å². The Morgan fingerprint density at radius 3 is 2.39 bits per heavy atom. The topological polar surface area (TPSA) is 38.8 Å². The zero-order chi connectivity index (χ0) is 19.9. The molecule has 1 aliphatic heterocycles. The van der Waals surface area contributed by atoms with Crippen LogP contribution >= 0.6 is 35.6 Å². The molecule has 7 heteroatoms. The Bertz CT molecular complexity index is 901. The number of rotatable bonds is 8. The zero-order valence-electron chi connectivity index (χ0n) is 15.4. The largest absolute Gasteiger partial charge is 0.493 e. The summed E-state index contributed by atoms with van der Waals surface area (Å²) in [5, 5.41) is 0.596. The highest BCUT2D eigenvalue weighted by Gasteiger charge is 2.30. The summed E-state index contributed by atoms with van der Waals surface area (Å²) in [7, 11) is 0. The number of halogens is 1. The number of para-hydroxylation sites is 2. The van der Waals surface area contributed by atoms with Gasteiger partial charge in [0, 0.05) is 18.5 Å². The lowest BCUT2D eigenvalue weighted by atomic mass is 10.2. The molecular formula is C21H20ClNO3S2. The number of amides is 1. The fourth-order valence-electron chi connectivity index (χ4n) is 2.63. The number of nitrogens with zero attached hydrogens (tertiary/aromatic N) is 1. The average molecular weight is 434 g/mol. The third kappa shape index (κ3) is 5.07. The third-order valence-corrected chi connectivity index (χ3v) is 5.73. The molecule has 0 aliphatic carbocycles. The molecule has 0 atom stereocenters. The van der Waals surface area contributed by atoms with Crippen LogP contribution in [-0.2, 0) is 4.79 Å². The van der Waals surface area contributed by atoms with Gasteiger partial charge >= 0.3 is 0 Å². The highest BCUT2D eigenvalue weighted by molar-refractivity contribution is 8.26. The number of carbonyl (C=O) groups excluding carboxylic acids is 1. The normalized spacial score (nSPS) is 15.4. The first-order valence-corrected chi connectivity index (χ1v) is 10.5. The van der Waals surface area contributed by atoms with Crippen LogP contribution in [0.5, 0.6) is 11.5 Å². The molecule has 0 unspecified atom stereocenters. The molecule has 2 aromatic carbocycles. The molecule has 0 spiro atoms. The van der Waals surface area contributed by atoms with Gasteiger partial charge in [-0.1, -0.05) is 65.9 Å². The zero-order valence-corrected chi connectivity index (χ0v) is 17.8. The van der Waals surface area contributed by atoms with E-state index in [1.54, 1.807) is 11.0 Å². The molecule has 0 saturated carbocycles. The van der Waals surface area contributed by atoms with E-state index in [1.165, 1.54) is 11.8 Å². The Balaban J connectivity index is 1.57. The van der Waals surface area contributed by atoms with Crippen molar-refractivity contribution in [3.63, 3.8) is 0 Å². The van der Waals surface area contributed by atoms with Crippen LogP contribution in [-0.4, -0.2) is 34.9 Å². The Kier molecular flexibility index (Phi) is 7.36. The lowest BCUT2D eigenvalue weighted by molar-refractivity contribution is -0.121. The molecule has 1 aliphatic rings. The summed E-state index contributed by atoms with van der Waals surface area (Å²) in [5.41, 5.74) is 0.853. The number of ether oxygens (including phenoxy) is 2. The maximum atomic E-state index is 12.4. The maximum Gasteiger partial charge on any atom is 0.266 e. The Morgan fingerprint density at radius 2 is 1.71 bits per heavy atom. The van der Waals surface area contributed by atoms with Crippen molar-refractivity contribution in [2.75, 3.05) is 19.8 Å². The fourth-order valence-corrected chi connectivity index (χ4v) is 4.20. The summed E-state index contributed by atoms with van der Waals surface area (Å²) in [6.45, 7) is 3.48. The van der Waals surface area contributed by atoms with Crippen LogP contribution in [0.15, 0.2) is 53.4 Å². The van der Waals surface area contributed by atoms with Crippen LogP contribution in [0.4, 0.5) is 0 Å². The van der Waals surface area contributed by atoms with Crippen molar-refractivity contribution < 1.29 is 14.3 Å². The standard InChI is InChI=1S/C21H20ClNO3S2/c1-2-23-20(24)19(28-21(23)27)14-15-8-3-5-10-17(15)25-12-7-13-26-18-11-6-4-9-16(18)22/h3-6,8-11,14H,2,7,12-13H2,1H3/b19-14-. The first kappa shape index (κ1) is 20.7. The minimum absolute atomic E-state index is 0.0551. The number of benzene rings is 2. The van der Waals surface area contributed by atoms with Crippen molar-refractivity contribution >= 4 is 51.9 Å². The van der Waals surface area contributed by atoms with Crippen molar-refractivity contribution in [2.45, 2.75) is 13.3 Å². The molecular weight excluding hydrogens is 414 g/mol. The van der Waals surface area contributed by atoms with E-state index in [2.05, 4.69) is 0 Å². The van der Waals surface area contributed by atoms with Crippen molar-refractivity contribution in [1.82, 2.24) is 4.90 Å². The molecule has 0 radical (unpaired) electrons. The van der Waals surface area contributed by atoms with Crippen molar-refractivity contribution in [3.05, 3.63) is 64.0 Å². The second-order valence-electron chi connectivity index (χ2n) is 5.94. The van der Waals surface area contributed by atoms with Gasteiger partial charge in [-0.3, -0.25) is 9.69 Å². The molecule has 0 aromatic heterocycles. The Morgan fingerprint density at radius 1 is 1.07 bits per heavy atom. The van der Waals surface area contributed by atoms with Gasteiger partial charge < -0.3 is 9.47 Å². The van der Waals surface area contributed by atoms with Crippen molar-refractivity contribution in [3.8, 4) is 11.5 Å². The predicted molar refractivity (Wildman–Crippen MR) is 119 cm³/mol. The van der Waals surface area contributed by atoms with Gasteiger partial charge in [0.05, 0.1) is 23.1 Å². The minimum Gasteiger partial charge on any atom is -0.493 e. The van der Waals surface area contributed by atoms with E-state index >= 15 is 0 Å². The van der Waals surface area contributed by atoms with Crippen LogP contribution in [0, 0.1) is 0 Å². The summed E-state index contributed by atoms with van der Waals surface area (Å²) in [6, 6.07) is 15.0. The van der Waals surface area contributed by atoms with Gasteiger partial charge in [0.2, 0.25) is 0 Å². The van der Waals surface area contributed by atoms with Gasteiger partial charge in [-0.25, -0.2) is 0 Å². The average Bonchev–Trinajstić information content (AvgIpc) is 2.96. The molecule has 4 nitrogen and oxygen atoms in total. The maximum absolute atomic E-state index is 12.4. The molecule has 0 bridgehead atoms. The minimum atomic E-state index is -0.0551. The fraction of sp³-hybridized carbons (Fsp3) is 0.238. The van der Waals surface area contributed by atoms with Crippen LogP contribution in [0.25, 0.3) is 6.08 Å². The van der Waals surface area contributed by atoms with Gasteiger partial charge in [0.25, 0.3) is 5.91 Å². The number of thioether (sulfide) groups is 1. The summed E-state index contributed by atoms with van der Waals surface area (Å²) in [5.74, 6) is 1.34. The number of hydrogen-bond donors (Lipinski definition) is 0. The van der Waals surface area contributed by atoms with Crippen molar-refractivity contribution in [2.24, 2.45) is 0 Å². The quantitative estimate of drug-likeness (QED) is 0.316. The molecule has 0 N–H and O–H groups in total. The number of carbonyl (C=O) groups is 1. The molecule has 28 heavy (non-hydrogen) atoms. The summed E-state index contributed by atoms with van der Waals surface area (Å²) >= 11 is 12.7. The van der Waals surface area contributed by atoms with E-state index in [0.29, 0.717) is 46.2 Å². The number of likely N-dealkylation sites (N-methyl/N-ethyl adjacent to an activating group) is 1. The number of thiocarbonyl (C=S) groups is 1. The lowest BCUT2D eigenvalue weighted by Gasteiger charge is -2.11. The molecule has 146 valence electrons. The monoisotopic (exact) mass is 433 g/mol.